The molecule has 2 N–H and O–H groups in total. The van der Waals surface area contributed by atoms with Crippen LogP contribution in [0.4, 0.5) is 0 Å². The maximum Gasteiger partial charge on any atom is 0.328 e. The minimum atomic E-state index is -1.11. The van der Waals surface area contributed by atoms with E-state index in [1.165, 1.54) is 6.08 Å². The molecule has 0 saturated heterocycles. The Balaban J connectivity index is 4.23. The fourth-order valence-electron chi connectivity index (χ4n) is 0.892. The molecule has 92 valence electrons. The molecule has 0 aromatic rings. The number of carboxylic acid groups (broad SMARTS) is 1. The normalized spacial score (nSPS) is 12.9. The van der Waals surface area contributed by atoms with Gasteiger partial charge in [-0.15, -0.1) is 6.58 Å². The number of amides is 1. The summed E-state index contributed by atoms with van der Waals surface area (Å²) in [6, 6.07) is -1.02. The van der Waals surface area contributed by atoms with Gasteiger partial charge in [0, 0.05) is 6.42 Å². The van der Waals surface area contributed by atoms with Crippen molar-refractivity contribution < 1.29 is 19.4 Å². The first-order chi connectivity index (χ1) is 7.26. The third-order valence-electron chi connectivity index (χ3n) is 1.65. The minimum absolute atomic E-state index is 0.0539. The first kappa shape index (κ1) is 14.6. The number of nitrogens with one attached hydrogen (secondary N) is 1. The molecule has 0 fully saturated rings. The van der Waals surface area contributed by atoms with Crippen LogP contribution < -0.4 is 5.32 Å². The van der Waals surface area contributed by atoms with Gasteiger partial charge in [0.1, 0.15) is 0 Å². The van der Waals surface area contributed by atoms with Crippen LogP contribution in [0.25, 0.3) is 0 Å². The van der Waals surface area contributed by atoms with Crippen LogP contribution in [0.15, 0.2) is 12.7 Å². The van der Waals surface area contributed by atoms with Crippen LogP contribution in [0.2, 0.25) is 0 Å². The monoisotopic (exact) mass is 229 g/mol. The fraction of sp³-hybridized carbons (Fsp3) is 0.636. The van der Waals surface area contributed by atoms with Crippen LogP contribution in [-0.4, -0.2) is 35.2 Å². The smallest absolute Gasteiger partial charge is 0.328 e. The van der Waals surface area contributed by atoms with Gasteiger partial charge in [0.2, 0.25) is 5.91 Å². The van der Waals surface area contributed by atoms with Crippen LogP contribution in [0.1, 0.15) is 27.2 Å². The lowest BCUT2D eigenvalue weighted by atomic mass is 10.2. The topological polar surface area (TPSA) is 75.6 Å². The van der Waals surface area contributed by atoms with Crippen molar-refractivity contribution in [1.29, 1.82) is 0 Å². The van der Waals surface area contributed by atoms with E-state index in [-0.39, 0.29) is 18.9 Å². The number of carbonyl (C=O) groups is 2. The lowest BCUT2D eigenvalue weighted by Gasteiger charge is -2.22. The summed E-state index contributed by atoms with van der Waals surface area (Å²) in [6.07, 6.45) is 1.51. The molecule has 0 heterocycles. The molecule has 0 unspecified atom stereocenters. The van der Waals surface area contributed by atoms with Crippen molar-refractivity contribution in [3.05, 3.63) is 12.7 Å². The molecule has 0 rings (SSSR count). The molecule has 0 aromatic heterocycles. The van der Waals surface area contributed by atoms with Crippen molar-refractivity contribution in [2.24, 2.45) is 0 Å². The summed E-state index contributed by atoms with van der Waals surface area (Å²) in [5.74, 6) is -1.48. The van der Waals surface area contributed by atoms with Crippen LogP contribution in [0.5, 0.6) is 0 Å². The highest BCUT2D eigenvalue weighted by Crippen LogP contribution is 2.07. The first-order valence-corrected chi connectivity index (χ1v) is 5.03. The number of hydrogen-bond donors (Lipinski definition) is 2. The van der Waals surface area contributed by atoms with E-state index in [4.69, 9.17) is 9.84 Å². The van der Waals surface area contributed by atoms with Gasteiger partial charge in [0.25, 0.3) is 0 Å². The number of carbonyl (C=O) groups excluding carboxylic acids is 1. The average molecular weight is 229 g/mol. The molecule has 5 nitrogen and oxygen atoms in total. The standard InChI is InChI=1S/C11H19NO4/c1-5-6-9(13)12-8(10(14)15)7-16-11(2,3)4/h5,8H,1,6-7H2,2-4H3,(H,12,13)(H,14,15)/t8-/m0/s1. The summed E-state index contributed by atoms with van der Waals surface area (Å²) in [7, 11) is 0. The summed E-state index contributed by atoms with van der Waals surface area (Å²) in [5, 5.41) is 11.2. The molecule has 0 saturated carbocycles. The summed E-state index contributed by atoms with van der Waals surface area (Å²) < 4.78 is 5.31. The fourth-order valence-corrected chi connectivity index (χ4v) is 0.892. The van der Waals surface area contributed by atoms with Crippen molar-refractivity contribution >= 4 is 11.9 Å². The quantitative estimate of drug-likeness (QED) is 0.665. The van der Waals surface area contributed by atoms with Gasteiger partial charge in [0.15, 0.2) is 6.04 Å². The van der Waals surface area contributed by atoms with Crippen LogP contribution in [-0.2, 0) is 14.3 Å². The Hall–Kier alpha value is -1.36. The van der Waals surface area contributed by atoms with Gasteiger partial charge in [-0.1, -0.05) is 6.08 Å². The molecule has 5 heteroatoms. The molecular weight excluding hydrogens is 210 g/mol. The van der Waals surface area contributed by atoms with Crippen LogP contribution >= 0.6 is 0 Å². The molecule has 0 aliphatic heterocycles. The Morgan fingerprint density at radius 2 is 2.06 bits per heavy atom. The zero-order valence-corrected chi connectivity index (χ0v) is 9.95. The molecule has 0 bridgehead atoms. The molecule has 0 aromatic carbocycles. The maximum absolute atomic E-state index is 11.2. The van der Waals surface area contributed by atoms with E-state index in [1.807, 2.05) is 20.8 Å². The number of rotatable bonds is 6. The van der Waals surface area contributed by atoms with Gasteiger partial charge in [-0.05, 0) is 20.8 Å². The summed E-state index contributed by atoms with van der Waals surface area (Å²) in [4.78, 5) is 22.0. The van der Waals surface area contributed by atoms with Gasteiger partial charge in [-0.2, -0.15) is 0 Å². The first-order valence-electron chi connectivity index (χ1n) is 5.03. The SMILES string of the molecule is C=CCC(=O)N[C@@H](COC(C)(C)C)C(=O)O. The molecule has 0 aliphatic rings. The van der Waals surface area contributed by atoms with E-state index in [1.54, 1.807) is 0 Å². The van der Waals surface area contributed by atoms with Gasteiger partial charge in [-0.3, -0.25) is 4.79 Å². The van der Waals surface area contributed by atoms with Crippen LogP contribution in [0.3, 0.4) is 0 Å². The molecular formula is C11H19NO4. The van der Waals surface area contributed by atoms with E-state index in [0.29, 0.717) is 0 Å². The summed E-state index contributed by atoms with van der Waals surface area (Å²) in [5.41, 5.74) is -0.434. The van der Waals surface area contributed by atoms with Gasteiger partial charge < -0.3 is 15.2 Å². The van der Waals surface area contributed by atoms with Crippen molar-refractivity contribution in [2.45, 2.75) is 38.8 Å². The highest BCUT2D eigenvalue weighted by molar-refractivity contribution is 5.84. The van der Waals surface area contributed by atoms with Gasteiger partial charge >= 0.3 is 5.97 Å². The molecule has 0 radical (unpaired) electrons. The average Bonchev–Trinajstić information content (AvgIpc) is 2.10. The van der Waals surface area contributed by atoms with E-state index < -0.39 is 17.6 Å². The predicted molar refractivity (Wildman–Crippen MR) is 60.1 cm³/mol. The Morgan fingerprint density at radius 3 is 2.44 bits per heavy atom. The predicted octanol–water partition coefficient (Wildman–Crippen LogP) is 0.947. The molecule has 0 spiro atoms. The lowest BCUT2D eigenvalue weighted by Crippen LogP contribution is -2.45. The largest absolute Gasteiger partial charge is 0.480 e. The zero-order chi connectivity index (χ0) is 12.8. The van der Waals surface area contributed by atoms with E-state index >= 15 is 0 Å². The minimum Gasteiger partial charge on any atom is -0.480 e. The van der Waals surface area contributed by atoms with E-state index in [9.17, 15) is 9.59 Å². The van der Waals surface area contributed by atoms with Crippen molar-refractivity contribution in [3.8, 4) is 0 Å². The van der Waals surface area contributed by atoms with E-state index in [0.717, 1.165) is 0 Å². The second-order valence-electron chi connectivity index (χ2n) is 4.37. The molecule has 16 heavy (non-hydrogen) atoms. The molecule has 1 amide bonds. The van der Waals surface area contributed by atoms with Crippen molar-refractivity contribution in [1.82, 2.24) is 5.32 Å². The summed E-state index contributed by atoms with van der Waals surface area (Å²) in [6.45, 7) is 8.80. The maximum atomic E-state index is 11.2. The van der Waals surface area contributed by atoms with E-state index in [2.05, 4.69) is 11.9 Å². The third-order valence-corrected chi connectivity index (χ3v) is 1.65. The lowest BCUT2D eigenvalue weighted by molar-refractivity contribution is -0.145. The second-order valence-corrected chi connectivity index (χ2v) is 4.37. The molecule has 0 aliphatic carbocycles. The number of hydrogen-bond acceptors (Lipinski definition) is 3. The zero-order valence-electron chi connectivity index (χ0n) is 9.95. The Bertz CT molecular complexity index is 268. The Labute approximate surface area is 95.5 Å². The number of aliphatic carboxylic acids is 1. The van der Waals surface area contributed by atoms with Gasteiger partial charge in [-0.25, -0.2) is 4.79 Å². The van der Waals surface area contributed by atoms with Crippen LogP contribution in [0, 0.1) is 0 Å². The number of ether oxygens (including phenoxy) is 1. The number of carboxylic acids is 1. The Kier molecular flexibility index (Phi) is 5.74. The molecule has 1 atom stereocenters. The summed E-state index contributed by atoms with van der Waals surface area (Å²) >= 11 is 0. The highest BCUT2D eigenvalue weighted by Gasteiger charge is 2.22. The van der Waals surface area contributed by atoms with Crippen molar-refractivity contribution in [2.75, 3.05) is 6.61 Å². The second kappa shape index (κ2) is 6.27. The highest BCUT2D eigenvalue weighted by atomic mass is 16.5. The third kappa shape index (κ3) is 7.00. The van der Waals surface area contributed by atoms with Gasteiger partial charge in [0.05, 0.1) is 12.2 Å². The van der Waals surface area contributed by atoms with Crippen molar-refractivity contribution in [3.63, 3.8) is 0 Å². The Morgan fingerprint density at radius 1 is 1.50 bits per heavy atom.